The van der Waals surface area contributed by atoms with E-state index in [1.165, 1.54) is 23.1 Å². The number of halogens is 3. The number of nitrogens with one attached hydrogen (secondary N) is 1. The minimum absolute atomic E-state index is 0.00536. The summed E-state index contributed by atoms with van der Waals surface area (Å²) in [5.74, 6) is -1.53. The second-order valence-electron chi connectivity index (χ2n) is 9.86. The van der Waals surface area contributed by atoms with E-state index in [9.17, 15) is 22.4 Å². The molecule has 0 saturated carbocycles. The second kappa shape index (κ2) is 14.0. The number of hydrogen-bond donors (Lipinski definition) is 1. The largest absolute Gasteiger partial charge is 0.354 e. The molecule has 1 atom stereocenters. The Hall–Kier alpha value is -3.14. The van der Waals surface area contributed by atoms with Gasteiger partial charge in [-0.05, 0) is 47.4 Å². The van der Waals surface area contributed by atoms with E-state index in [4.69, 9.17) is 23.2 Å². The van der Waals surface area contributed by atoms with E-state index in [0.717, 1.165) is 22.2 Å². The van der Waals surface area contributed by atoms with Crippen LogP contribution in [0.25, 0.3) is 0 Å². The Labute approximate surface area is 244 Å². The quantitative estimate of drug-likeness (QED) is 0.302. The van der Waals surface area contributed by atoms with Crippen LogP contribution in [0.1, 0.15) is 25.0 Å². The standard InChI is InChI=1S/C29H32Cl2FN3O4S/c1-20(2)17-33-29(37)27(15-21-8-5-4-6-9-21)34(18-22-12-13-25(30)26(31)14-22)28(36)19-35(40(3,38)39)24-11-7-10-23(32)16-24/h4-14,16,20,27H,15,17-19H2,1-3H3,(H,33,37)/t27-/m1/s1. The average molecular weight is 609 g/mol. The normalized spacial score (nSPS) is 12.2. The summed E-state index contributed by atoms with van der Waals surface area (Å²) in [5, 5.41) is 3.50. The molecule has 1 N–H and O–H groups in total. The Bertz CT molecular complexity index is 1440. The van der Waals surface area contributed by atoms with Crippen molar-refractivity contribution >= 4 is 50.7 Å². The van der Waals surface area contributed by atoms with Crippen LogP contribution < -0.4 is 9.62 Å². The predicted molar refractivity (Wildman–Crippen MR) is 157 cm³/mol. The van der Waals surface area contributed by atoms with Crippen molar-refractivity contribution in [1.29, 1.82) is 0 Å². The highest BCUT2D eigenvalue weighted by atomic mass is 35.5. The van der Waals surface area contributed by atoms with Crippen molar-refractivity contribution in [2.45, 2.75) is 32.9 Å². The summed E-state index contributed by atoms with van der Waals surface area (Å²) in [6, 6.07) is 18.1. The van der Waals surface area contributed by atoms with Gasteiger partial charge in [-0.1, -0.05) is 79.5 Å². The Morgan fingerprint density at radius 1 is 0.925 bits per heavy atom. The first-order valence-corrected chi connectivity index (χ1v) is 15.2. The molecule has 11 heteroatoms. The first-order chi connectivity index (χ1) is 18.8. The molecule has 0 aliphatic rings. The third kappa shape index (κ3) is 8.94. The van der Waals surface area contributed by atoms with Crippen LogP contribution in [0.2, 0.25) is 10.0 Å². The summed E-state index contributed by atoms with van der Waals surface area (Å²) in [6.07, 6.45) is 1.11. The summed E-state index contributed by atoms with van der Waals surface area (Å²) in [4.78, 5) is 28.9. The van der Waals surface area contributed by atoms with Crippen LogP contribution in [0, 0.1) is 11.7 Å². The maximum atomic E-state index is 14.0. The lowest BCUT2D eigenvalue weighted by molar-refractivity contribution is -0.140. The highest BCUT2D eigenvalue weighted by Crippen LogP contribution is 2.25. The average Bonchev–Trinajstić information content (AvgIpc) is 2.89. The number of sulfonamides is 1. The van der Waals surface area contributed by atoms with Crippen molar-refractivity contribution in [3.05, 3.63) is 99.8 Å². The van der Waals surface area contributed by atoms with Gasteiger partial charge in [0.1, 0.15) is 18.4 Å². The van der Waals surface area contributed by atoms with E-state index in [0.29, 0.717) is 17.1 Å². The lowest BCUT2D eigenvalue weighted by Gasteiger charge is -2.33. The van der Waals surface area contributed by atoms with E-state index >= 15 is 0 Å². The van der Waals surface area contributed by atoms with Gasteiger partial charge in [0.2, 0.25) is 21.8 Å². The van der Waals surface area contributed by atoms with Crippen molar-refractivity contribution < 1.29 is 22.4 Å². The van der Waals surface area contributed by atoms with E-state index in [-0.39, 0.29) is 35.5 Å². The fraction of sp³-hybridized carbons (Fsp3) is 0.310. The monoisotopic (exact) mass is 607 g/mol. The van der Waals surface area contributed by atoms with Gasteiger partial charge in [0.25, 0.3) is 0 Å². The Morgan fingerprint density at radius 2 is 1.62 bits per heavy atom. The predicted octanol–water partition coefficient (Wildman–Crippen LogP) is 5.31. The molecule has 0 aliphatic carbocycles. The third-order valence-corrected chi connectivity index (χ3v) is 7.95. The highest BCUT2D eigenvalue weighted by molar-refractivity contribution is 7.92. The molecule has 0 bridgehead atoms. The van der Waals surface area contributed by atoms with Gasteiger partial charge in [-0.3, -0.25) is 13.9 Å². The number of carbonyl (C=O) groups excluding carboxylic acids is 2. The number of benzene rings is 3. The number of hydrogen-bond acceptors (Lipinski definition) is 4. The van der Waals surface area contributed by atoms with Gasteiger partial charge in [0.05, 0.1) is 22.0 Å². The molecule has 0 aliphatic heterocycles. The van der Waals surface area contributed by atoms with Crippen LogP contribution in [0.15, 0.2) is 72.8 Å². The molecule has 3 aromatic rings. The molecule has 0 aromatic heterocycles. The molecule has 3 rings (SSSR count). The first-order valence-electron chi connectivity index (χ1n) is 12.6. The summed E-state index contributed by atoms with van der Waals surface area (Å²) < 4.78 is 40.3. The molecular formula is C29H32Cl2FN3O4S. The second-order valence-corrected chi connectivity index (χ2v) is 12.6. The number of nitrogens with zero attached hydrogens (tertiary/aromatic N) is 2. The lowest BCUT2D eigenvalue weighted by atomic mass is 10.0. The number of amides is 2. The Balaban J connectivity index is 2.06. The number of anilines is 1. The van der Waals surface area contributed by atoms with Gasteiger partial charge in [0, 0.05) is 19.5 Å². The summed E-state index contributed by atoms with van der Waals surface area (Å²) >= 11 is 12.3. The lowest BCUT2D eigenvalue weighted by Crippen LogP contribution is -2.53. The SMILES string of the molecule is CC(C)CNC(=O)[C@@H](Cc1ccccc1)N(Cc1ccc(Cl)c(Cl)c1)C(=O)CN(c1cccc(F)c1)S(C)(=O)=O. The van der Waals surface area contributed by atoms with Gasteiger partial charge in [0.15, 0.2) is 0 Å². The number of rotatable bonds is 12. The molecule has 0 fully saturated rings. The Kier molecular flexibility index (Phi) is 11.0. The van der Waals surface area contributed by atoms with Crippen LogP contribution in [-0.2, 0) is 32.6 Å². The summed E-state index contributed by atoms with van der Waals surface area (Å²) in [7, 11) is -3.99. The highest BCUT2D eigenvalue weighted by Gasteiger charge is 2.33. The molecule has 7 nitrogen and oxygen atoms in total. The molecule has 2 amide bonds. The topological polar surface area (TPSA) is 86.8 Å². The minimum atomic E-state index is -3.99. The van der Waals surface area contributed by atoms with Crippen molar-refractivity contribution in [2.75, 3.05) is 23.7 Å². The summed E-state index contributed by atoms with van der Waals surface area (Å²) in [6.45, 7) is 3.59. The molecule has 0 spiro atoms. The van der Waals surface area contributed by atoms with E-state index in [1.807, 2.05) is 44.2 Å². The van der Waals surface area contributed by atoms with Crippen LogP contribution in [-0.4, -0.2) is 50.5 Å². The van der Waals surface area contributed by atoms with Crippen molar-refractivity contribution in [3.8, 4) is 0 Å². The van der Waals surface area contributed by atoms with Gasteiger partial charge < -0.3 is 10.2 Å². The molecule has 3 aromatic carbocycles. The van der Waals surface area contributed by atoms with Crippen LogP contribution >= 0.6 is 23.2 Å². The van der Waals surface area contributed by atoms with Gasteiger partial charge in [-0.15, -0.1) is 0 Å². The van der Waals surface area contributed by atoms with Gasteiger partial charge >= 0.3 is 0 Å². The van der Waals surface area contributed by atoms with Crippen molar-refractivity contribution in [3.63, 3.8) is 0 Å². The molecule has 0 saturated heterocycles. The van der Waals surface area contributed by atoms with Crippen molar-refractivity contribution in [1.82, 2.24) is 10.2 Å². The molecule has 0 radical (unpaired) electrons. The molecule has 40 heavy (non-hydrogen) atoms. The zero-order chi connectivity index (χ0) is 29.4. The molecular weight excluding hydrogens is 576 g/mol. The van der Waals surface area contributed by atoms with Crippen LogP contribution in [0.5, 0.6) is 0 Å². The zero-order valence-electron chi connectivity index (χ0n) is 22.5. The fourth-order valence-corrected chi connectivity index (χ4v) is 5.22. The zero-order valence-corrected chi connectivity index (χ0v) is 24.8. The maximum Gasteiger partial charge on any atom is 0.244 e. The number of carbonyl (C=O) groups is 2. The molecule has 0 unspecified atom stereocenters. The van der Waals surface area contributed by atoms with Gasteiger partial charge in [-0.2, -0.15) is 0 Å². The minimum Gasteiger partial charge on any atom is -0.354 e. The van der Waals surface area contributed by atoms with E-state index < -0.39 is 34.3 Å². The van der Waals surface area contributed by atoms with E-state index in [1.54, 1.807) is 18.2 Å². The van der Waals surface area contributed by atoms with Crippen LogP contribution in [0.3, 0.4) is 0 Å². The van der Waals surface area contributed by atoms with Gasteiger partial charge in [-0.25, -0.2) is 12.8 Å². The smallest absolute Gasteiger partial charge is 0.244 e. The summed E-state index contributed by atoms with van der Waals surface area (Å²) in [5.41, 5.74) is 1.40. The molecule has 0 heterocycles. The van der Waals surface area contributed by atoms with Crippen LogP contribution in [0.4, 0.5) is 10.1 Å². The Morgan fingerprint density at radius 3 is 2.23 bits per heavy atom. The van der Waals surface area contributed by atoms with E-state index in [2.05, 4.69) is 5.32 Å². The first kappa shape index (κ1) is 31.4. The maximum absolute atomic E-state index is 14.0. The molecule has 214 valence electrons. The van der Waals surface area contributed by atoms with Crippen molar-refractivity contribution in [2.24, 2.45) is 5.92 Å². The fourth-order valence-electron chi connectivity index (χ4n) is 4.06. The third-order valence-electron chi connectivity index (χ3n) is 6.07.